The van der Waals surface area contributed by atoms with Crippen molar-refractivity contribution in [2.45, 2.75) is 51.1 Å². The van der Waals surface area contributed by atoms with E-state index in [4.69, 9.17) is 4.74 Å². The van der Waals surface area contributed by atoms with Gasteiger partial charge < -0.3 is 15.2 Å². The van der Waals surface area contributed by atoms with Crippen molar-refractivity contribution in [3.8, 4) is 0 Å². The quantitative estimate of drug-likeness (QED) is 0.660. The van der Waals surface area contributed by atoms with Crippen LogP contribution in [0.1, 0.15) is 27.2 Å². The van der Waals surface area contributed by atoms with Crippen LogP contribution in [-0.2, 0) is 9.53 Å². The molecule has 4 nitrogen and oxygen atoms in total. The first kappa shape index (κ1) is 12.4. The minimum atomic E-state index is -1.29. The molecule has 15 heavy (non-hydrogen) atoms. The van der Waals surface area contributed by atoms with Gasteiger partial charge in [0.15, 0.2) is 6.10 Å². The number of esters is 1. The van der Waals surface area contributed by atoms with E-state index in [0.717, 1.165) is 0 Å². The third kappa shape index (κ3) is 3.76. The van der Waals surface area contributed by atoms with Gasteiger partial charge >= 0.3 is 5.97 Å². The van der Waals surface area contributed by atoms with E-state index in [-0.39, 0.29) is 13.0 Å². The number of carbonyl (C=O) groups excluding carboxylic acids is 1. The molecular formula is C10H18FNO3. The zero-order valence-electron chi connectivity index (χ0n) is 9.29. The summed E-state index contributed by atoms with van der Waals surface area (Å²) in [6.45, 7) is 5.34. The van der Waals surface area contributed by atoms with E-state index in [2.05, 4.69) is 5.32 Å². The number of hydrogen-bond donors (Lipinski definition) is 2. The predicted octanol–water partition coefficient (Wildman–Crippen LogP) is 0.389. The van der Waals surface area contributed by atoms with Crippen molar-refractivity contribution in [3.05, 3.63) is 0 Å². The minimum Gasteiger partial charge on any atom is -0.458 e. The van der Waals surface area contributed by atoms with Gasteiger partial charge in [-0.25, -0.2) is 9.18 Å². The lowest BCUT2D eigenvalue weighted by molar-refractivity contribution is -0.166. The molecule has 0 saturated carbocycles. The van der Waals surface area contributed by atoms with Crippen LogP contribution >= 0.6 is 0 Å². The van der Waals surface area contributed by atoms with Crippen molar-refractivity contribution in [2.75, 3.05) is 6.54 Å². The van der Waals surface area contributed by atoms with Gasteiger partial charge in [-0.1, -0.05) is 0 Å². The van der Waals surface area contributed by atoms with E-state index in [9.17, 15) is 14.3 Å². The van der Waals surface area contributed by atoms with Gasteiger partial charge in [-0.05, 0) is 27.2 Å². The van der Waals surface area contributed by atoms with Crippen molar-refractivity contribution in [3.63, 3.8) is 0 Å². The SMILES string of the molecule is CC(C)(C)OC(=O)C(O)C1CC(F)CN1. The fraction of sp³-hybridized carbons (Fsp3) is 0.900. The molecule has 1 fully saturated rings. The molecule has 0 aromatic rings. The van der Waals surface area contributed by atoms with Gasteiger partial charge in [-0.15, -0.1) is 0 Å². The summed E-state index contributed by atoms with van der Waals surface area (Å²) in [5.41, 5.74) is -0.633. The summed E-state index contributed by atoms with van der Waals surface area (Å²) in [5.74, 6) is -0.700. The second kappa shape index (κ2) is 4.45. The summed E-state index contributed by atoms with van der Waals surface area (Å²) >= 11 is 0. The first-order valence-corrected chi connectivity index (χ1v) is 5.08. The van der Waals surface area contributed by atoms with E-state index >= 15 is 0 Å². The maximum atomic E-state index is 12.8. The van der Waals surface area contributed by atoms with Crippen molar-refractivity contribution in [2.24, 2.45) is 0 Å². The molecule has 0 radical (unpaired) electrons. The monoisotopic (exact) mass is 219 g/mol. The lowest BCUT2D eigenvalue weighted by Gasteiger charge is -2.24. The molecule has 0 aromatic heterocycles. The Morgan fingerprint density at radius 3 is 2.60 bits per heavy atom. The number of halogens is 1. The fourth-order valence-electron chi connectivity index (χ4n) is 1.49. The molecule has 3 atom stereocenters. The second-order valence-electron chi connectivity index (χ2n) is 4.83. The Kier molecular flexibility index (Phi) is 3.67. The standard InChI is InChI=1S/C10H18FNO3/c1-10(2,3)15-9(14)8(13)7-4-6(11)5-12-7/h6-8,12-13H,4-5H2,1-3H3. The summed E-state index contributed by atoms with van der Waals surface area (Å²) < 4.78 is 17.8. The molecule has 1 aliphatic rings. The number of rotatable bonds is 2. The highest BCUT2D eigenvalue weighted by Crippen LogP contribution is 2.16. The normalized spacial score (nSPS) is 28.9. The third-order valence-corrected chi connectivity index (χ3v) is 2.14. The number of aliphatic hydroxyl groups is 1. The molecule has 0 aromatic carbocycles. The van der Waals surface area contributed by atoms with Gasteiger partial charge in [-0.3, -0.25) is 0 Å². The molecule has 0 amide bonds. The lowest BCUT2D eigenvalue weighted by Crippen LogP contribution is -2.43. The number of hydrogen-bond acceptors (Lipinski definition) is 4. The number of nitrogens with one attached hydrogen (secondary N) is 1. The van der Waals surface area contributed by atoms with Gasteiger partial charge in [0.2, 0.25) is 0 Å². The molecule has 1 heterocycles. The average Bonchev–Trinajstić information content (AvgIpc) is 2.47. The van der Waals surface area contributed by atoms with Crippen molar-refractivity contribution in [1.82, 2.24) is 5.32 Å². The van der Waals surface area contributed by atoms with Crippen molar-refractivity contribution >= 4 is 5.97 Å². The van der Waals surface area contributed by atoms with E-state index in [1.165, 1.54) is 0 Å². The Morgan fingerprint density at radius 1 is 1.60 bits per heavy atom. The number of aliphatic hydroxyl groups excluding tert-OH is 1. The van der Waals surface area contributed by atoms with Crippen LogP contribution in [0, 0.1) is 0 Å². The lowest BCUT2D eigenvalue weighted by atomic mass is 10.1. The first-order chi connectivity index (χ1) is 6.79. The molecule has 1 aliphatic heterocycles. The van der Waals surface area contributed by atoms with E-state index in [0.29, 0.717) is 0 Å². The molecule has 5 heteroatoms. The number of alkyl halides is 1. The van der Waals surface area contributed by atoms with Gasteiger partial charge in [-0.2, -0.15) is 0 Å². The Hall–Kier alpha value is -0.680. The van der Waals surface area contributed by atoms with Crippen LogP contribution < -0.4 is 5.32 Å². The van der Waals surface area contributed by atoms with Crippen LogP contribution in [-0.4, -0.2) is 41.5 Å². The highest BCUT2D eigenvalue weighted by Gasteiger charge is 2.35. The molecular weight excluding hydrogens is 201 g/mol. The number of ether oxygens (including phenoxy) is 1. The summed E-state index contributed by atoms with van der Waals surface area (Å²) in [7, 11) is 0. The Balaban J connectivity index is 2.46. The van der Waals surface area contributed by atoms with Crippen LogP contribution in [0.3, 0.4) is 0 Å². The minimum absolute atomic E-state index is 0.153. The summed E-state index contributed by atoms with van der Waals surface area (Å²) in [4.78, 5) is 11.4. The predicted molar refractivity (Wildman–Crippen MR) is 53.2 cm³/mol. The van der Waals surface area contributed by atoms with Crippen molar-refractivity contribution in [1.29, 1.82) is 0 Å². The fourth-order valence-corrected chi connectivity index (χ4v) is 1.49. The zero-order chi connectivity index (χ0) is 11.6. The van der Waals surface area contributed by atoms with Gasteiger partial charge in [0.1, 0.15) is 11.8 Å². The van der Waals surface area contributed by atoms with Crippen LogP contribution in [0.15, 0.2) is 0 Å². The first-order valence-electron chi connectivity index (χ1n) is 5.08. The van der Waals surface area contributed by atoms with E-state index in [1.807, 2.05) is 0 Å². The van der Waals surface area contributed by atoms with Crippen LogP contribution in [0.2, 0.25) is 0 Å². The zero-order valence-corrected chi connectivity index (χ0v) is 9.29. The molecule has 3 unspecified atom stereocenters. The third-order valence-electron chi connectivity index (χ3n) is 2.14. The molecule has 0 spiro atoms. The Bertz CT molecular complexity index is 239. The van der Waals surface area contributed by atoms with Crippen molar-refractivity contribution < 1.29 is 19.0 Å². The Labute approximate surface area is 88.8 Å². The molecule has 1 saturated heterocycles. The van der Waals surface area contributed by atoms with Crippen LogP contribution in [0.5, 0.6) is 0 Å². The molecule has 88 valence electrons. The van der Waals surface area contributed by atoms with Gasteiger partial charge in [0.05, 0.1) is 0 Å². The average molecular weight is 219 g/mol. The van der Waals surface area contributed by atoms with E-state index < -0.39 is 29.9 Å². The summed E-state index contributed by atoms with van der Waals surface area (Å²) in [5, 5.41) is 12.3. The maximum absolute atomic E-state index is 12.8. The molecule has 0 aliphatic carbocycles. The maximum Gasteiger partial charge on any atom is 0.337 e. The largest absolute Gasteiger partial charge is 0.458 e. The highest BCUT2D eigenvalue weighted by molar-refractivity contribution is 5.75. The van der Waals surface area contributed by atoms with Crippen LogP contribution in [0.4, 0.5) is 4.39 Å². The van der Waals surface area contributed by atoms with Crippen LogP contribution in [0.25, 0.3) is 0 Å². The Morgan fingerprint density at radius 2 is 2.20 bits per heavy atom. The smallest absolute Gasteiger partial charge is 0.337 e. The van der Waals surface area contributed by atoms with E-state index in [1.54, 1.807) is 20.8 Å². The molecule has 0 bridgehead atoms. The summed E-state index contributed by atoms with van der Waals surface area (Å²) in [6.07, 6.45) is -2.13. The molecule has 1 rings (SSSR count). The molecule has 2 N–H and O–H groups in total. The summed E-state index contributed by atoms with van der Waals surface area (Å²) in [6, 6.07) is -0.533. The second-order valence-corrected chi connectivity index (χ2v) is 4.83. The number of carbonyl (C=O) groups is 1. The topological polar surface area (TPSA) is 58.6 Å². The van der Waals surface area contributed by atoms with Gasteiger partial charge in [0, 0.05) is 12.6 Å². The van der Waals surface area contributed by atoms with Gasteiger partial charge in [0.25, 0.3) is 0 Å². The highest BCUT2D eigenvalue weighted by atomic mass is 19.1.